The number of aryl methyl sites for hydroxylation is 1. The lowest BCUT2D eigenvalue weighted by molar-refractivity contribution is 0.414. The second-order valence-electron chi connectivity index (χ2n) is 7.41. The molecule has 0 aliphatic carbocycles. The molecule has 0 heterocycles. The Hall–Kier alpha value is -2.11. The second-order valence-corrected chi connectivity index (χ2v) is 9.12. The lowest BCUT2D eigenvalue weighted by Gasteiger charge is -2.19. The standard InChI is InChI=1S/C21H27NO3S/c1-16-6-12-19(13-7-16)26(23,24)22-20(14-15-21(2,3)4)17-8-10-18(25-5)11-9-17/h6-15,20,22H,1-5H3/b15-14+. The molecule has 0 saturated carbocycles. The molecule has 2 aromatic carbocycles. The number of sulfonamides is 1. The van der Waals surface area contributed by atoms with E-state index in [0.29, 0.717) is 0 Å². The maximum atomic E-state index is 12.8. The summed E-state index contributed by atoms with van der Waals surface area (Å²) in [4.78, 5) is 0.255. The largest absolute Gasteiger partial charge is 0.497 e. The Kier molecular flexibility index (Phi) is 6.26. The van der Waals surface area contributed by atoms with Gasteiger partial charge >= 0.3 is 0 Å². The molecule has 0 saturated heterocycles. The van der Waals surface area contributed by atoms with Crippen molar-refractivity contribution in [3.8, 4) is 5.75 Å². The van der Waals surface area contributed by atoms with E-state index in [0.717, 1.165) is 16.9 Å². The highest BCUT2D eigenvalue weighted by atomic mass is 32.2. The molecule has 0 bridgehead atoms. The fraction of sp³-hybridized carbons (Fsp3) is 0.333. The molecule has 0 fully saturated rings. The molecule has 0 amide bonds. The molecule has 140 valence electrons. The van der Waals surface area contributed by atoms with Crippen LogP contribution in [0.3, 0.4) is 0 Å². The molecular formula is C21H27NO3S. The molecule has 4 nitrogen and oxygen atoms in total. The van der Waals surface area contributed by atoms with Crippen molar-refractivity contribution in [3.63, 3.8) is 0 Å². The van der Waals surface area contributed by atoms with Crippen LogP contribution in [-0.2, 0) is 10.0 Å². The Morgan fingerprint density at radius 2 is 1.58 bits per heavy atom. The van der Waals surface area contributed by atoms with Crippen molar-refractivity contribution in [2.24, 2.45) is 5.41 Å². The second kappa shape index (κ2) is 8.06. The average Bonchev–Trinajstić information content (AvgIpc) is 2.58. The van der Waals surface area contributed by atoms with Gasteiger partial charge in [-0.1, -0.05) is 62.8 Å². The molecule has 0 aromatic heterocycles. The number of rotatable bonds is 6. The van der Waals surface area contributed by atoms with Crippen molar-refractivity contribution in [1.82, 2.24) is 4.72 Å². The van der Waals surface area contributed by atoms with E-state index in [4.69, 9.17) is 4.74 Å². The number of ether oxygens (including phenoxy) is 1. The van der Waals surface area contributed by atoms with Crippen LogP contribution in [0.25, 0.3) is 0 Å². The first-order chi connectivity index (χ1) is 12.1. The predicted molar refractivity (Wildman–Crippen MR) is 106 cm³/mol. The Labute approximate surface area is 157 Å². The molecule has 5 heteroatoms. The summed E-state index contributed by atoms with van der Waals surface area (Å²) < 4.78 is 33.6. The maximum absolute atomic E-state index is 12.8. The Morgan fingerprint density at radius 3 is 2.08 bits per heavy atom. The summed E-state index contributed by atoms with van der Waals surface area (Å²) in [5, 5.41) is 0. The molecule has 0 spiro atoms. The highest BCUT2D eigenvalue weighted by Crippen LogP contribution is 2.24. The molecule has 1 N–H and O–H groups in total. The molecule has 1 unspecified atom stereocenters. The third-order valence-corrected chi connectivity index (χ3v) is 5.33. The lowest BCUT2D eigenvalue weighted by atomic mass is 9.94. The fourth-order valence-electron chi connectivity index (χ4n) is 2.37. The zero-order chi connectivity index (χ0) is 19.4. The number of nitrogens with one attached hydrogen (secondary N) is 1. The summed E-state index contributed by atoms with van der Waals surface area (Å²) in [5.41, 5.74) is 1.81. The molecule has 0 aliphatic heterocycles. The summed E-state index contributed by atoms with van der Waals surface area (Å²) in [5.74, 6) is 0.730. The highest BCUT2D eigenvalue weighted by molar-refractivity contribution is 7.89. The molecule has 0 radical (unpaired) electrons. The van der Waals surface area contributed by atoms with Gasteiger partial charge in [0.1, 0.15) is 5.75 Å². The van der Waals surface area contributed by atoms with Crippen molar-refractivity contribution in [2.75, 3.05) is 7.11 Å². The van der Waals surface area contributed by atoms with Crippen molar-refractivity contribution < 1.29 is 13.2 Å². The lowest BCUT2D eigenvalue weighted by Crippen LogP contribution is -2.28. The first kappa shape index (κ1) is 20.2. The summed E-state index contributed by atoms with van der Waals surface area (Å²) in [6.45, 7) is 8.14. The van der Waals surface area contributed by atoms with Crippen LogP contribution in [0.2, 0.25) is 0 Å². The van der Waals surface area contributed by atoms with E-state index in [1.807, 2.05) is 43.3 Å². The minimum Gasteiger partial charge on any atom is -0.497 e. The maximum Gasteiger partial charge on any atom is 0.241 e. The van der Waals surface area contributed by atoms with Crippen molar-refractivity contribution in [2.45, 2.75) is 38.6 Å². The van der Waals surface area contributed by atoms with Gasteiger partial charge in [-0.25, -0.2) is 8.42 Å². The van der Waals surface area contributed by atoms with Crippen LogP contribution >= 0.6 is 0 Å². The van der Waals surface area contributed by atoms with Gasteiger partial charge in [0.2, 0.25) is 10.0 Å². The zero-order valence-electron chi connectivity index (χ0n) is 16.0. The normalized spacial score (nSPS) is 13.7. The Morgan fingerprint density at radius 1 is 1.00 bits per heavy atom. The first-order valence-electron chi connectivity index (χ1n) is 8.53. The van der Waals surface area contributed by atoms with Crippen LogP contribution in [0.15, 0.2) is 65.6 Å². The summed E-state index contributed by atoms with van der Waals surface area (Å²) in [6, 6.07) is 13.8. The topological polar surface area (TPSA) is 55.4 Å². The smallest absolute Gasteiger partial charge is 0.241 e. The summed E-state index contributed by atoms with van der Waals surface area (Å²) in [6.07, 6.45) is 3.91. The molecule has 0 aliphatic rings. The van der Waals surface area contributed by atoms with Crippen LogP contribution in [0.5, 0.6) is 5.75 Å². The van der Waals surface area contributed by atoms with E-state index in [-0.39, 0.29) is 10.3 Å². The third-order valence-electron chi connectivity index (χ3n) is 3.88. The van der Waals surface area contributed by atoms with E-state index < -0.39 is 16.1 Å². The van der Waals surface area contributed by atoms with Crippen LogP contribution in [0.4, 0.5) is 0 Å². The van der Waals surface area contributed by atoms with Crippen LogP contribution in [-0.4, -0.2) is 15.5 Å². The van der Waals surface area contributed by atoms with E-state index in [1.54, 1.807) is 31.4 Å². The number of hydrogen-bond acceptors (Lipinski definition) is 3. The molecule has 26 heavy (non-hydrogen) atoms. The molecule has 2 rings (SSSR count). The average molecular weight is 374 g/mol. The predicted octanol–water partition coefficient (Wildman–Crippen LogP) is 4.63. The van der Waals surface area contributed by atoms with Crippen molar-refractivity contribution >= 4 is 10.0 Å². The monoisotopic (exact) mass is 373 g/mol. The molecular weight excluding hydrogens is 346 g/mol. The van der Waals surface area contributed by atoms with Crippen molar-refractivity contribution in [3.05, 3.63) is 71.8 Å². The highest BCUT2D eigenvalue weighted by Gasteiger charge is 2.20. The van der Waals surface area contributed by atoms with Gasteiger partial charge in [-0.3, -0.25) is 0 Å². The first-order valence-corrected chi connectivity index (χ1v) is 10.0. The summed E-state index contributed by atoms with van der Waals surface area (Å²) >= 11 is 0. The SMILES string of the molecule is COc1ccc(C(/C=C/C(C)(C)C)NS(=O)(=O)c2ccc(C)cc2)cc1. The zero-order valence-corrected chi connectivity index (χ0v) is 16.8. The number of hydrogen-bond donors (Lipinski definition) is 1. The fourth-order valence-corrected chi connectivity index (χ4v) is 3.55. The van der Waals surface area contributed by atoms with E-state index >= 15 is 0 Å². The van der Waals surface area contributed by atoms with E-state index in [2.05, 4.69) is 25.5 Å². The van der Waals surface area contributed by atoms with Gasteiger partial charge in [-0.05, 0) is 42.2 Å². The van der Waals surface area contributed by atoms with E-state index in [1.165, 1.54) is 0 Å². The minimum absolute atomic E-state index is 0.0555. The van der Waals surface area contributed by atoms with Gasteiger partial charge in [-0.2, -0.15) is 4.72 Å². The number of methoxy groups -OCH3 is 1. The van der Waals surface area contributed by atoms with Crippen molar-refractivity contribution in [1.29, 1.82) is 0 Å². The van der Waals surface area contributed by atoms with Gasteiger partial charge in [0, 0.05) is 0 Å². The van der Waals surface area contributed by atoms with Gasteiger partial charge in [-0.15, -0.1) is 0 Å². The Balaban J connectivity index is 2.36. The van der Waals surface area contributed by atoms with E-state index in [9.17, 15) is 8.42 Å². The minimum atomic E-state index is -3.64. The molecule has 1 atom stereocenters. The van der Waals surface area contributed by atoms with Crippen LogP contribution in [0.1, 0.15) is 37.9 Å². The Bertz CT molecular complexity index is 846. The molecule has 2 aromatic rings. The van der Waals surface area contributed by atoms with Gasteiger partial charge in [0.05, 0.1) is 18.0 Å². The number of benzene rings is 2. The van der Waals surface area contributed by atoms with Gasteiger partial charge < -0.3 is 4.74 Å². The number of allylic oxidation sites excluding steroid dienone is 1. The van der Waals surface area contributed by atoms with Crippen LogP contribution < -0.4 is 9.46 Å². The van der Waals surface area contributed by atoms with Gasteiger partial charge in [0.25, 0.3) is 0 Å². The summed E-state index contributed by atoms with van der Waals surface area (Å²) in [7, 11) is -2.04. The third kappa shape index (κ3) is 5.71. The quantitative estimate of drug-likeness (QED) is 0.751. The van der Waals surface area contributed by atoms with Crippen LogP contribution in [0, 0.1) is 12.3 Å². The van der Waals surface area contributed by atoms with Gasteiger partial charge in [0.15, 0.2) is 0 Å².